The van der Waals surface area contributed by atoms with Crippen molar-refractivity contribution in [2.75, 3.05) is 19.8 Å². The first-order valence-electron chi connectivity index (χ1n) is 7.37. The maximum Gasteiger partial charge on any atom is 0.318 e. The van der Waals surface area contributed by atoms with Crippen molar-refractivity contribution in [3.63, 3.8) is 0 Å². The minimum atomic E-state index is -0.103. The molecule has 1 aliphatic heterocycles. The molecule has 0 unspecified atom stereocenters. The minimum absolute atomic E-state index is 0.0864. The molecule has 1 aromatic heterocycles. The van der Waals surface area contributed by atoms with E-state index in [0.29, 0.717) is 32.1 Å². The molecule has 116 valence electrons. The predicted molar refractivity (Wildman–Crippen MR) is 81.2 cm³/mol. The van der Waals surface area contributed by atoms with Crippen LogP contribution in [-0.2, 0) is 11.3 Å². The summed E-state index contributed by atoms with van der Waals surface area (Å²) in [5.41, 5.74) is 1.76. The van der Waals surface area contributed by atoms with E-state index in [1.807, 2.05) is 43.3 Å². The molecule has 0 spiro atoms. The Labute approximate surface area is 129 Å². The van der Waals surface area contributed by atoms with Crippen LogP contribution in [0.1, 0.15) is 12.7 Å². The fourth-order valence-corrected chi connectivity index (χ4v) is 2.43. The van der Waals surface area contributed by atoms with Gasteiger partial charge in [-0.3, -0.25) is 0 Å². The van der Waals surface area contributed by atoms with Crippen molar-refractivity contribution in [1.29, 1.82) is 0 Å². The summed E-state index contributed by atoms with van der Waals surface area (Å²) in [4.78, 5) is 13.9. The summed E-state index contributed by atoms with van der Waals surface area (Å²) >= 11 is 0. The summed E-state index contributed by atoms with van der Waals surface area (Å²) in [5, 5.41) is 6.89. The van der Waals surface area contributed by atoms with Crippen molar-refractivity contribution in [1.82, 2.24) is 15.4 Å². The number of urea groups is 1. The summed E-state index contributed by atoms with van der Waals surface area (Å²) in [7, 11) is 0. The van der Waals surface area contributed by atoms with E-state index in [1.165, 1.54) is 0 Å². The first kappa shape index (κ1) is 14.6. The largest absolute Gasteiger partial charge is 0.377 e. The maximum absolute atomic E-state index is 12.2. The minimum Gasteiger partial charge on any atom is -0.377 e. The van der Waals surface area contributed by atoms with Gasteiger partial charge in [0.15, 0.2) is 5.76 Å². The summed E-state index contributed by atoms with van der Waals surface area (Å²) in [6.07, 6.45) is 0. The Kier molecular flexibility index (Phi) is 4.39. The molecule has 0 bridgehead atoms. The molecule has 0 radical (unpaired) electrons. The molecule has 2 aromatic rings. The van der Waals surface area contributed by atoms with Gasteiger partial charge >= 0.3 is 6.03 Å². The highest BCUT2D eigenvalue weighted by atomic mass is 16.5. The lowest BCUT2D eigenvalue weighted by Crippen LogP contribution is -2.51. The highest BCUT2D eigenvalue weighted by molar-refractivity contribution is 5.74. The SMILES string of the molecule is C[C@H]1COCCN1C(=O)NCc1cc(-c2ccccc2)no1. The number of carbonyl (C=O) groups excluding carboxylic acids is 1. The second-order valence-electron chi connectivity index (χ2n) is 5.32. The van der Waals surface area contributed by atoms with Gasteiger partial charge in [-0.2, -0.15) is 0 Å². The van der Waals surface area contributed by atoms with E-state index in [2.05, 4.69) is 10.5 Å². The van der Waals surface area contributed by atoms with Gasteiger partial charge in [-0.05, 0) is 6.92 Å². The van der Waals surface area contributed by atoms with Crippen LogP contribution in [0.3, 0.4) is 0 Å². The molecule has 1 aliphatic rings. The van der Waals surface area contributed by atoms with Crippen LogP contribution < -0.4 is 5.32 Å². The zero-order valence-corrected chi connectivity index (χ0v) is 12.5. The molecule has 6 heteroatoms. The van der Waals surface area contributed by atoms with Crippen LogP contribution >= 0.6 is 0 Å². The number of carbonyl (C=O) groups is 1. The van der Waals surface area contributed by atoms with Gasteiger partial charge in [0.1, 0.15) is 5.69 Å². The summed E-state index contributed by atoms with van der Waals surface area (Å²) in [5.74, 6) is 0.633. The highest BCUT2D eigenvalue weighted by Gasteiger charge is 2.23. The number of amides is 2. The zero-order chi connectivity index (χ0) is 15.4. The maximum atomic E-state index is 12.2. The van der Waals surface area contributed by atoms with Gasteiger partial charge in [-0.1, -0.05) is 35.5 Å². The third kappa shape index (κ3) is 3.28. The highest BCUT2D eigenvalue weighted by Crippen LogP contribution is 2.18. The predicted octanol–water partition coefficient (Wildman–Crippen LogP) is 2.27. The molecular formula is C16H19N3O3. The fraction of sp³-hybridized carbons (Fsp3) is 0.375. The van der Waals surface area contributed by atoms with Gasteiger partial charge < -0.3 is 19.5 Å². The standard InChI is InChI=1S/C16H19N3O3/c1-12-11-21-8-7-19(12)16(20)17-10-14-9-15(18-22-14)13-5-3-2-4-6-13/h2-6,9,12H,7-8,10-11H2,1H3,(H,17,20)/t12-/m0/s1. The smallest absolute Gasteiger partial charge is 0.318 e. The quantitative estimate of drug-likeness (QED) is 0.944. The number of ether oxygens (including phenoxy) is 1. The lowest BCUT2D eigenvalue weighted by molar-refractivity contribution is 0.0188. The molecule has 1 aromatic carbocycles. The van der Waals surface area contributed by atoms with Crippen molar-refractivity contribution in [3.05, 3.63) is 42.2 Å². The topological polar surface area (TPSA) is 67.6 Å². The Balaban J connectivity index is 1.58. The van der Waals surface area contributed by atoms with E-state index in [-0.39, 0.29) is 12.1 Å². The van der Waals surface area contributed by atoms with Crippen LogP contribution in [0, 0.1) is 0 Å². The van der Waals surface area contributed by atoms with Crippen LogP contribution in [0.25, 0.3) is 11.3 Å². The molecule has 1 N–H and O–H groups in total. The first-order valence-corrected chi connectivity index (χ1v) is 7.37. The third-order valence-corrected chi connectivity index (χ3v) is 3.67. The number of benzene rings is 1. The molecule has 2 heterocycles. The van der Waals surface area contributed by atoms with Gasteiger partial charge in [0.05, 0.1) is 25.8 Å². The molecule has 3 rings (SSSR count). The molecule has 6 nitrogen and oxygen atoms in total. The van der Waals surface area contributed by atoms with Crippen molar-refractivity contribution in [3.8, 4) is 11.3 Å². The number of hydrogen-bond donors (Lipinski definition) is 1. The van der Waals surface area contributed by atoms with Crippen LogP contribution in [-0.4, -0.2) is 41.9 Å². The molecule has 0 saturated carbocycles. The Hall–Kier alpha value is -2.34. The van der Waals surface area contributed by atoms with Gasteiger partial charge in [0, 0.05) is 18.2 Å². The first-order chi connectivity index (χ1) is 10.7. The van der Waals surface area contributed by atoms with Crippen LogP contribution in [0.2, 0.25) is 0 Å². The second-order valence-corrected chi connectivity index (χ2v) is 5.32. The lowest BCUT2D eigenvalue weighted by Gasteiger charge is -2.33. The Morgan fingerprint density at radius 2 is 2.23 bits per heavy atom. The van der Waals surface area contributed by atoms with Gasteiger partial charge in [-0.15, -0.1) is 0 Å². The average Bonchev–Trinajstić information content (AvgIpc) is 3.03. The molecule has 1 saturated heterocycles. The summed E-state index contributed by atoms with van der Waals surface area (Å²) in [6.45, 7) is 4.06. The van der Waals surface area contributed by atoms with E-state index in [4.69, 9.17) is 9.26 Å². The van der Waals surface area contributed by atoms with Gasteiger partial charge in [0.2, 0.25) is 0 Å². The van der Waals surface area contributed by atoms with Crippen LogP contribution in [0.4, 0.5) is 4.79 Å². The van der Waals surface area contributed by atoms with Gasteiger partial charge in [-0.25, -0.2) is 4.79 Å². The van der Waals surface area contributed by atoms with Crippen molar-refractivity contribution < 1.29 is 14.1 Å². The zero-order valence-electron chi connectivity index (χ0n) is 12.5. The molecule has 22 heavy (non-hydrogen) atoms. The Morgan fingerprint density at radius 1 is 1.41 bits per heavy atom. The van der Waals surface area contributed by atoms with E-state index in [1.54, 1.807) is 4.90 Å². The van der Waals surface area contributed by atoms with Crippen molar-refractivity contribution >= 4 is 6.03 Å². The fourth-order valence-electron chi connectivity index (χ4n) is 2.43. The van der Waals surface area contributed by atoms with Crippen LogP contribution in [0.15, 0.2) is 40.9 Å². The lowest BCUT2D eigenvalue weighted by atomic mass is 10.1. The second kappa shape index (κ2) is 6.62. The number of nitrogens with zero attached hydrogens (tertiary/aromatic N) is 2. The number of hydrogen-bond acceptors (Lipinski definition) is 4. The molecular weight excluding hydrogens is 282 g/mol. The Morgan fingerprint density at radius 3 is 3.00 bits per heavy atom. The molecule has 2 amide bonds. The number of nitrogens with one attached hydrogen (secondary N) is 1. The van der Waals surface area contributed by atoms with Crippen molar-refractivity contribution in [2.45, 2.75) is 19.5 Å². The summed E-state index contributed by atoms with van der Waals surface area (Å²) in [6, 6.07) is 11.6. The van der Waals surface area contributed by atoms with E-state index < -0.39 is 0 Å². The van der Waals surface area contributed by atoms with E-state index in [0.717, 1.165) is 11.3 Å². The van der Waals surface area contributed by atoms with Crippen molar-refractivity contribution in [2.24, 2.45) is 0 Å². The number of morpholine rings is 1. The van der Waals surface area contributed by atoms with Crippen LogP contribution in [0.5, 0.6) is 0 Å². The van der Waals surface area contributed by atoms with E-state index >= 15 is 0 Å². The molecule has 1 fully saturated rings. The molecule has 1 atom stereocenters. The monoisotopic (exact) mass is 301 g/mol. The Bertz CT molecular complexity index is 627. The average molecular weight is 301 g/mol. The normalized spacial score (nSPS) is 18.2. The molecule has 0 aliphatic carbocycles. The van der Waals surface area contributed by atoms with Gasteiger partial charge in [0.25, 0.3) is 0 Å². The summed E-state index contributed by atoms with van der Waals surface area (Å²) < 4.78 is 10.6. The number of rotatable bonds is 3. The number of aromatic nitrogens is 1. The van der Waals surface area contributed by atoms with E-state index in [9.17, 15) is 4.79 Å². The third-order valence-electron chi connectivity index (χ3n) is 3.67.